The molecule has 2 aromatic heterocycles. The summed E-state index contributed by atoms with van der Waals surface area (Å²) in [5, 5.41) is 26.2. The number of fused-ring (bicyclic) bond motifs is 1. The number of carbonyl (C=O) groups is 2. The molecule has 6 aromatic rings. The number of imidazole rings is 1. The summed E-state index contributed by atoms with van der Waals surface area (Å²) >= 11 is 0. The van der Waals surface area contributed by atoms with E-state index in [0.717, 1.165) is 22.3 Å². The minimum Gasteiger partial charge on any atom is -0.497 e. The quantitative estimate of drug-likeness (QED) is 0.00841. The Balaban J connectivity index is 1.32. The maximum atomic E-state index is 14.4. The van der Waals surface area contributed by atoms with Crippen molar-refractivity contribution in [1.29, 1.82) is 5.26 Å². The highest BCUT2D eigenvalue weighted by molar-refractivity contribution is 7.44. The number of ether oxygens (including phenoxy) is 5. The van der Waals surface area contributed by atoms with Crippen molar-refractivity contribution in [2.24, 2.45) is 0 Å². The summed E-state index contributed by atoms with van der Waals surface area (Å²) in [6, 6.07) is 31.6. The van der Waals surface area contributed by atoms with E-state index in [0.29, 0.717) is 11.5 Å². The van der Waals surface area contributed by atoms with Gasteiger partial charge in [-0.1, -0.05) is 108 Å². The summed E-state index contributed by atoms with van der Waals surface area (Å²) in [5.41, 5.74) is 2.30. The monoisotopic (exact) mass is 1290 g/mol. The number of hydrogen-bond acceptors (Lipinski definition) is 18. The van der Waals surface area contributed by atoms with Gasteiger partial charge in [-0.3, -0.25) is 20.0 Å². The smallest absolute Gasteiger partial charge is 0.331 e. The second kappa shape index (κ2) is 30.1. The molecule has 7 rings (SSSR count). The normalized spacial score (nSPS) is 17.7. The molecule has 486 valence electrons. The van der Waals surface area contributed by atoms with Crippen LogP contribution >= 0.6 is 8.53 Å². The first-order valence-corrected chi connectivity index (χ1v) is 37.3. The highest BCUT2D eigenvalue weighted by atomic mass is 31.2. The number of nitrogens with one attached hydrogen (secondary N) is 2. The van der Waals surface area contributed by atoms with Crippen LogP contribution in [0.25, 0.3) is 11.2 Å². The number of anilines is 1. The molecule has 1 fully saturated rings. The molecule has 0 aliphatic carbocycles. The molecule has 0 spiro atoms. The van der Waals surface area contributed by atoms with Gasteiger partial charge >= 0.3 is 12.0 Å². The zero-order valence-electron chi connectivity index (χ0n) is 55.0. The Morgan fingerprint density at radius 1 is 0.789 bits per heavy atom. The second-order valence-corrected chi connectivity index (χ2v) is 36.8. The predicted octanol–water partition coefficient (Wildman–Crippen LogP) is 13.4. The van der Waals surface area contributed by atoms with E-state index in [2.05, 4.69) is 109 Å². The van der Waals surface area contributed by atoms with Crippen LogP contribution in [0.3, 0.4) is 0 Å². The first kappa shape index (κ1) is 70.7. The van der Waals surface area contributed by atoms with E-state index in [1.54, 1.807) is 44.2 Å². The minimum absolute atomic E-state index is 0.0256. The van der Waals surface area contributed by atoms with Crippen molar-refractivity contribution in [2.75, 3.05) is 39.4 Å². The lowest BCUT2D eigenvalue weighted by Crippen LogP contribution is -2.55. The lowest BCUT2D eigenvalue weighted by Gasteiger charge is -2.42. The topological polar surface area (TPSA) is 255 Å². The summed E-state index contributed by atoms with van der Waals surface area (Å²) in [6.45, 7) is 31.1. The van der Waals surface area contributed by atoms with Gasteiger partial charge in [0.15, 0.2) is 45.9 Å². The summed E-state index contributed by atoms with van der Waals surface area (Å²) in [5.74, 6) is 0.613. The highest BCUT2D eigenvalue weighted by Crippen LogP contribution is 2.53. The molecule has 1 aliphatic heterocycles. The Labute approximate surface area is 533 Å². The van der Waals surface area contributed by atoms with Crippen LogP contribution in [0.5, 0.6) is 11.5 Å². The number of aromatic nitrogens is 4. The maximum Gasteiger partial charge on any atom is 0.331 e. The number of amides is 2. The fourth-order valence-corrected chi connectivity index (χ4v) is 14.6. The Morgan fingerprint density at radius 2 is 1.37 bits per heavy atom. The lowest BCUT2D eigenvalue weighted by atomic mass is 9.80. The molecular weight excluding hydrogens is 1200 g/mol. The van der Waals surface area contributed by atoms with Crippen LogP contribution in [0.15, 0.2) is 116 Å². The van der Waals surface area contributed by atoms with Gasteiger partial charge in [0.25, 0.3) is 14.2 Å². The van der Waals surface area contributed by atoms with E-state index in [-0.39, 0.29) is 77.5 Å². The van der Waals surface area contributed by atoms with E-state index in [1.165, 1.54) is 18.5 Å². The molecule has 25 heteroatoms. The molecule has 3 unspecified atom stereocenters. The van der Waals surface area contributed by atoms with Gasteiger partial charge in [0.2, 0.25) is 0 Å². The lowest BCUT2D eigenvalue weighted by molar-refractivity contribution is -0.384. The standard InChI is InChI=1S/C65H90N9O13PSi2/c1-43(2)73(44(3)4)88(83-38-21-37-66)85-56-53(40-82-65(47-22-19-18-20-23-47,48-26-32-51(79-12)33-27-48)49-28-34-52(80-13)35-29-49)84-60(57(56)87-90(16,17)64(9,10)11)72-42-69-55-58(67-41-68-59(55)72)71-62(76)70-54(45(5)86-89(14,15)63(6,7)8)61(75)81-39-36-46-24-30-50(31-25-46)74(77)78/h18-20,22-35,41-45,53-54,56-57,60H,21,36,38-40H2,1-17H3,(H2,67,68,70,71,76)/t45?,53-,54?,56-,57-,60-,88?/m1/s1. The summed E-state index contributed by atoms with van der Waals surface area (Å²) in [6.07, 6.45) is -1.28. The number of carbonyl (C=O) groups excluding carboxylic acids is 2. The van der Waals surface area contributed by atoms with Crippen molar-refractivity contribution in [3.8, 4) is 17.6 Å². The number of methoxy groups -OCH3 is 2. The zero-order chi connectivity index (χ0) is 65.9. The van der Waals surface area contributed by atoms with Crippen molar-refractivity contribution in [2.45, 2.75) is 180 Å². The maximum absolute atomic E-state index is 14.4. The molecule has 3 heterocycles. The highest BCUT2D eigenvalue weighted by Gasteiger charge is 2.55. The molecule has 4 aromatic carbocycles. The Kier molecular flexibility index (Phi) is 23.7. The third-order valence-corrected chi connectivity index (χ3v) is 28.2. The molecular formula is C65H90N9O13PSi2. The summed E-state index contributed by atoms with van der Waals surface area (Å²) < 4.78 is 64.5. The number of urea groups is 1. The third-order valence-electron chi connectivity index (χ3n) is 17.0. The molecule has 2 N–H and O–H groups in total. The molecule has 1 saturated heterocycles. The van der Waals surface area contributed by atoms with Gasteiger partial charge in [0, 0.05) is 30.6 Å². The van der Waals surface area contributed by atoms with Crippen molar-refractivity contribution in [1.82, 2.24) is 29.5 Å². The van der Waals surface area contributed by atoms with Gasteiger partial charge in [-0.05, 0) is 117 Å². The summed E-state index contributed by atoms with van der Waals surface area (Å²) in [7, 11) is -3.98. The Bertz CT molecular complexity index is 3320. The van der Waals surface area contributed by atoms with Gasteiger partial charge in [0.1, 0.15) is 41.7 Å². The number of nitriles is 1. The zero-order valence-corrected chi connectivity index (χ0v) is 57.9. The largest absolute Gasteiger partial charge is 0.497 e. The SMILES string of the molecule is COc1ccc(C(OC[C@H]2O[C@@H](n3cnc4c(NC(=O)NC(C(=O)OCCc5ccc([N+](=O)[O-])cc5)C(C)O[Si](C)(C)C(C)(C)C)ncnc43)[C@H](O[Si](C)(C)C(C)(C)C)[C@@H]2OP(OCCC#N)N(C(C)C)C(C)C)(c2ccccc2)c2ccc(OC)cc2)cc1. The Hall–Kier alpha value is -6.76. The van der Waals surface area contributed by atoms with Crippen LogP contribution in [0.1, 0.15) is 111 Å². The fourth-order valence-electron chi connectivity index (χ4n) is 10.2. The molecule has 0 bridgehead atoms. The number of nitro benzene ring substituents is 1. The number of nitro groups is 1. The van der Waals surface area contributed by atoms with Gasteiger partial charge in [-0.25, -0.2) is 29.2 Å². The van der Waals surface area contributed by atoms with Crippen LogP contribution < -0.4 is 20.1 Å². The number of esters is 1. The third kappa shape index (κ3) is 16.7. The number of benzene rings is 4. The Morgan fingerprint density at radius 3 is 1.90 bits per heavy atom. The second-order valence-electron chi connectivity index (χ2n) is 25.9. The van der Waals surface area contributed by atoms with E-state index in [9.17, 15) is 25.0 Å². The molecule has 1 aliphatic rings. The van der Waals surface area contributed by atoms with Gasteiger partial charge in [-0.15, -0.1) is 0 Å². The number of rotatable bonds is 29. The average molecular weight is 1290 g/mol. The van der Waals surface area contributed by atoms with Crippen LogP contribution in [0, 0.1) is 21.4 Å². The molecule has 0 saturated carbocycles. The van der Waals surface area contributed by atoms with Crippen LogP contribution in [0.4, 0.5) is 16.3 Å². The van der Waals surface area contributed by atoms with E-state index in [1.807, 2.05) is 92.0 Å². The molecule has 2 amide bonds. The molecule has 22 nitrogen and oxygen atoms in total. The fraction of sp³-hybridized carbons (Fsp3) is 0.508. The first-order valence-electron chi connectivity index (χ1n) is 30.4. The van der Waals surface area contributed by atoms with Gasteiger partial charge in [-0.2, -0.15) is 5.26 Å². The first-order chi connectivity index (χ1) is 42.5. The van der Waals surface area contributed by atoms with Crippen molar-refractivity contribution < 1.29 is 56.1 Å². The molecule has 7 atom stereocenters. The molecule has 90 heavy (non-hydrogen) atoms. The minimum atomic E-state index is -2.79. The number of non-ortho nitro benzene ring substituents is 1. The van der Waals surface area contributed by atoms with Gasteiger partial charge in [0.05, 0.1) is 63.9 Å². The van der Waals surface area contributed by atoms with E-state index < -0.39 is 84.4 Å². The number of hydrogen-bond donors (Lipinski definition) is 2. The van der Waals surface area contributed by atoms with Crippen molar-refractivity contribution in [3.63, 3.8) is 0 Å². The van der Waals surface area contributed by atoms with Crippen LogP contribution in [0.2, 0.25) is 36.3 Å². The van der Waals surface area contributed by atoms with E-state index in [4.69, 9.17) is 51.6 Å². The average Bonchev–Trinajstić information content (AvgIpc) is 1.38. The van der Waals surface area contributed by atoms with Crippen molar-refractivity contribution in [3.05, 3.63) is 148 Å². The molecule has 0 radical (unpaired) electrons. The predicted molar refractivity (Wildman–Crippen MR) is 351 cm³/mol. The van der Waals surface area contributed by atoms with Crippen molar-refractivity contribution >= 4 is 59.8 Å². The van der Waals surface area contributed by atoms with Crippen LogP contribution in [-0.2, 0) is 48.9 Å². The van der Waals surface area contributed by atoms with E-state index >= 15 is 0 Å². The summed E-state index contributed by atoms with van der Waals surface area (Å²) in [4.78, 5) is 53.4. The number of nitrogens with zero attached hydrogens (tertiary/aromatic N) is 7. The van der Waals surface area contributed by atoms with Gasteiger partial charge < -0.3 is 46.9 Å². The van der Waals surface area contributed by atoms with Crippen LogP contribution in [-0.4, -0.2) is 134 Å².